The van der Waals surface area contributed by atoms with Crippen LogP contribution in [0.4, 0.5) is 5.69 Å². The maximum atomic E-state index is 13.4. The van der Waals surface area contributed by atoms with Crippen LogP contribution < -0.4 is 14.4 Å². The molecule has 174 valence electrons. The Morgan fingerprint density at radius 1 is 0.882 bits per heavy atom. The van der Waals surface area contributed by atoms with Crippen molar-refractivity contribution in [3.05, 3.63) is 94.1 Å². The standard InChI is InChI=1S/C28H27NO5/c1-16-8-6-10-20(13-16)29-24(19-9-7-11-21(15-19)33-4)23(26(31)28(29)32)25(30)22-14-17(2)12-18(3)27(22)34-5/h6-15,24,30H,1-5H3/b25-23+. The minimum atomic E-state index is -0.845. The van der Waals surface area contributed by atoms with Gasteiger partial charge in [-0.1, -0.05) is 30.3 Å². The third-order valence-electron chi connectivity index (χ3n) is 6.01. The van der Waals surface area contributed by atoms with Gasteiger partial charge in [-0.2, -0.15) is 0 Å². The molecule has 34 heavy (non-hydrogen) atoms. The molecule has 3 aromatic carbocycles. The molecule has 1 unspecified atom stereocenters. The van der Waals surface area contributed by atoms with E-state index in [1.54, 1.807) is 37.4 Å². The Bertz CT molecular complexity index is 1320. The number of aryl methyl sites for hydroxylation is 3. The summed E-state index contributed by atoms with van der Waals surface area (Å²) in [4.78, 5) is 28.2. The number of ether oxygens (including phenoxy) is 2. The Morgan fingerprint density at radius 3 is 2.29 bits per heavy atom. The molecule has 0 radical (unpaired) electrons. The van der Waals surface area contributed by atoms with Gasteiger partial charge in [0.25, 0.3) is 11.7 Å². The van der Waals surface area contributed by atoms with Crippen molar-refractivity contribution in [3.63, 3.8) is 0 Å². The number of carbonyl (C=O) groups is 2. The molecule has 0 spiro atoms. The number of Topliss-reactive ketones (excluding diaryl/α,β-unsaturated/α-hetero) is 1. The largest absolute Gasteiger partial charge is 0.507 e. The highest BCUT2D eigenvalue weighted by Gasteiger charge is 2.47. The zero-order chi connectivity index (χ0) is 24.6. The number of carbonyl (C=O) groups excluding carboxylic acids is 2. The number of hydrogen-bond donors (Lipinski definition) is 1. The van der Waals surface area contributed by atoms with Crippen molar-refractivity contribution < 1.29 is 24.2 Å². The van der Waals surface area contributed by atoms with E-state index in [0.29, 0.717) is 28.3 Å². The van der Waals surface area contributed by atoms with Crippen molar-refractivity contribution in [2.45, 2.75) is 26.8 Å². The van der Waals surface area contributed by atoms with Crippen molar-refractivity contribution in [2.24, 2.45) is 0 Å². The number of hydrogen-bond acceptors (Lipinski definition) is 5. The number of anilines is 1. The van der Waals surface area contributed by atoms with Crippen LogP contribution in [0.1, 0.15) is 33.9 Å². The van der Waals surface area contributed by atoms with Crippen LogP contribution in [0.25, 0.3) is 5.76 Å². The Labute approximate surface area is 199 Å². The number of methoxy groups -OCH3 is 2. The summed E-state index contributed by atoms with van der Waals surface area (Å²) in [6.07, 6.45) is 0. The number of benzene rings is 3. The predicted molar refractivity (Wildman–Crippen MR) is 131 cm³/mol. The van der Waals surface area contributed by atoms with Gasteiger partial charge in [0.15, 0.2) is 0 Å². The van der Waals surface area contributed by atoms with Crippen molar-refractivity contribution >= 4 is 23.1 Å². The van der Waals surface area contributed by atoms with Crippen LogP contribution >= 0.6 is 0 Å². The Morgan fingerprint density at radius 2 is 1.62 bits per heavy atom. The molecule has 0 saturated carbocycles. The molecule has 6 heteroatoms. The molecule has 1 fully saturated rings. The highest BCUT2D eigenvalue weighted by molar-refractivity contribution is 6.51. The first kappa shape index (κ1) is 23.1. The van der Waals surface area contributed by atoms with Gasteiger partial charge in [-0.3, -0.25) is 14.5 Å². The van der Waals surface area contributed by atoms with Crippen LogP contribution in [0.3, 0.4) is 0 Å². The number of aliphatic hydroxyl groups excluding tert-OH is 1. The Hall–Kier alpha value is -4.06. The summed E-state index contributed by atoms with van der Waals surface area (Å²) in [5.41, 5.74) is 4.24. The van der Waals surface area contributed by atoms with E-state index in [9.17, 15) is 14.7 Å². The minimum Gasteiger partial charge on any atom is -0.507 e. The van der Waals surface area contributed by atoms with E-state index in [2.05, 4.69) is 0 Å². The smallest absolute Gasteiger partial charge is 0.300 e. The van der Waals surface area contributed by atoms with Crippen molar-refractivity contribution in [3.8, 4) is 11.5 Å². The monoisotopic (exact) mass is 457 g/mol. The lowest BCUT2D eigenvalue weighted by Crippen LogP contribution is -2.29. The van der Waals surface area contributed by atoms with E-state index in [-0.39, 0.29) is 11.3 Å². The fraction of sp³-hybridized carbons (Fsp3) is 0.214. The first-order valence-corrected chi connectivity index (χ1v) is 10.9. The van der Waals surface area contributed by atoms with Crippen molar-refractivity contribution in [2.75, 3.05) is 19.1 Å². The van der Waals surface area contributed by atoms with Gasteiger partial charge >= 0.3 is 0 Å². The maximum absolute atomic E-state index is 13.4. The highest BCUT2D eigenvalue weighted by Crippen LogP contribution is 2.44. The van der Waals surface area contributed by atoms with Gasteiger partial charge in [0.05, 0.1) is 31.4 Å². The zero-order valence-electron chi connectivity index (χ0n) is 19.9. The second-order valence-corrected chi connectivity index (χ2v) is 8.45. The molecule has 0 bridgehead atoms. The van der Waals surface area contributed by atoms with Crippen molar-refractivity contribution in [1.29, 1.82) is 0 Å². The normalized spacial score (nSPS) is 17.2. The van der Waals surface area contributed by atoms with Gasteiger partial charge in [0.1, 0.15) is 17.3 Å². The van der Waals surface area contributed by atoms with Crippen LogP contribution in [-0.4, -0.2) is 31.0 Å². The van der Waals surface area contributed by atoms with E-state index < -0.39 is 17.7 Å². The lowest BCUT2D eigenvalue weighted by Gasteiger charge is -2.26. The van der Waals surface area contributed by atoms with Crippen LogP contribution in [0, 0.1) is 20.8 Å². The molecule has 4 rings (SSSR count). The average molecular weight is 458 g/mol. The first-order valence-electron chi connectivity index (χ1n) is 10.9. The quantitative estimate of drug-likeness (QED) is 0.322. The molecule has 1 aliphatic rings. The molecular formula is C28H27NO5. The van der Waals surface area contributed by atoms with Crippen LogP contribution in [0.2, 0.25) is 0 Å². The Balaban J connectivity index is 2.02. The predicted octanol–water partition coefficient (Wildman–Crippen LogP) is 5.26. The molecular weight excluding hydrogens is 430 g/mol. The molecule has 1 atom stereocenters. The number of aliphatic hydroxyl groups is 1. The summed E-state index contributed by atoms with van der Waals surface area (Å²) >= 11 is 0. The molecule has 1 aliphatic heterocycles. The molecule has 6 nitrogen and oxygen atoms in total. The van der Waals surface area contributed by atoms with Gasteiger partial charge < -0.3 is 14.6 Å². The highest BCUT2D eigenvalue weighted by atomic mass is 16.5. The second-order valence-electron chi connectivity index (χ2n) is 8.45. The third-order valence-corrected chi connectivity index (χ3v) is 6.01. The SMILES string of the molecule is COc1cccc(C2/C(=C(\O)c3cc(C)cc(C)c3OC)C(=O)C(=O)N2c2cccc(C)c2)c1. The van der Waals surface area contributed by atoms with E-state index in [1.165, 1.54) is 12.0 Å². The van der Waals surface area contributed by atoms with E-state index >= 15 is 0 Å². The lowest BCUT2D eigenvalue weighted by atomic mass is 9.93. The number of amides is 1. The molecule has 1 N–H and O–H groups in total. The van der Waals surface area contributed by atoms with Gasteiger partial charge in [-0.25, -0.2) is 0 Å². The van der Waals surface area contributed by atoms with Gasteiger partial charge in [0, 0.05) is 5.69 Å². The van der Waals surface area contributed by atoms with Gasteiger partial charge in [0.2, 0.25) is 0 Å². The van der Waals surface area contributed by atoms with Crippen LogP contribution in [0.15, 0.2) is 66.2 Å². The lowest BCUT2D eigenvalue weighted by molar-refractivity contribution is -0.132. The summed E-state index contributed by atoms with van der Waals surface area (Å²) in [7, 11) is 3.07. The maximum Gasteiger partial charge on any atom is 0.300 e. The summed E-state index contributed by atoms with van der Waals surface area (Å²) in [6, 6.07) is 17.4. The van der Waals surface area contributed by atoms with E-state index in [4.69, 9.17) is 9.47 Å². The van der Waals surface area contributed by atoms with E-state index in [0.717, 1.165) is 16.7 Å². The van der Waals surface area contributed by atoms with Gasteiger partial charge in [-0.05, 0) is 73.4 Å². The summed E-state index contributed by atoms with van der Waals surface area (Å²) in [5, 5.41) is 11.5. The number of nitrogens with zero attached hydrogens (tertiary/aromatic N) is 1. The van der Waals surface area contributed by atoms with Gasteiger partial charge in [-0.15, -0.1) is 0 Å². The molecule has 3 aromatic rings. The topological polar surface area (TPSA) is 76.1 Å². The fourth-order valence-electron chi connectivity index (χ4n) is 4.55. The number of ketones is 1. The fourth-order valence-corrected chi connectivity index (χ4v) is 4.55. The van der Waals surface area contributed by atoms with Crippen LogP contribution in [-0.2, 0) is 9.59 Å². The van der Waals surface area contributed by atoms with Crippen molar-refractivity contribution in [1.82, 2.24) is 0 Å². The number of rotatable bonds is 5. The summed E-state index contributed by atoms with van der Waals surface area (Å²) in [5.74, 6) is -0.702. The molecule has 1 saturated heterocycles. The van der Waals surface area contributed by atoms with E-state index in [1.807, 2.05) is 51.1 Å². The molecule has 1 heterocycles. The second kappa shape index (κ2) is 9.06. The summed E-state index contributed by atoms with van der Waals surface area (Å²) in [6.45, 7) is 5.68. The van der Waals surface area contributed by atoms with Crippen LogP contribution in [0.5, 0.6) is 11.5 Å². The third kappa shape index (κ3) is 3.92. The zero-order valence-corrected chi connectivity index (χ0v) is 19.9. The molecule has 0 aliphatic carbocycles. The average Bonchev–Trinajstić information content (AvgIpc) is 3.08. The first-order chi connectivity index (χ1) is 16.3. The molecule has 0 aromatic heterocycles. The minimum absolute atomic E-state index is 0.00283. The molecule has 1 amide bonds. The summed E-state index contributed by atoms with van der Waals surface area (Å²) < 4.78 is 10.9. The Kier molecular flexibility index (Phi) is 6.16.